The van der Waals surface area contributed by atoms with Crippen LogP contribution in [0.4, 0.5) is 11.4 Å². The smallest absolute Gasteiger partial charge is 0.0450 e. The summed E-state index contributed by atoms with van der Waals surface area (Å²) in [5.74, 6) is 0. The van der Waals surface area contributed by atoms with Gasteiger partial charge in [0.15, 0.2) is 0 Å². The summed E-state index contributed by atoms with van der Waals surface area (Å²) in [5.41, 5.74) is 5.14. The van der Waals surface area contributed by atoms with Crippen LogP contribution in [0.2, 0.25) is 0 Å². The van der Waals surface area contributed by atoms with Crippen molar-refractivity contribution in [3.63, 3.8) is 0 Å². The molecule has 0 aliphatic carbocycles. The van der Waals surface area contributed by atoms with Gasteiger partial charge < -0.3 is 9.80 Å². The molecule has 0 N–H and O–H groups in total. The Morgan fingerprint density at radius 3 is 1.76 bits per heavy atom. The topological polar surface area (TPSA) is 6.48 Å². The van der Waals surface area contributed by atoms with E-state index in [9.17, 15) is 0 Å². The summed E-state index contributed by atoms with van der Waals surface area (Å²) in [6.45, 7) is 2.87. The molecule has 4 rings (SSSR count). The second kappa shape index (κ2) is 7.27. The number of benzene rings is 3. The summed E-state index contributed by atoms with van der Waals surface area (Å²) in [6, 6.07) is 32.0. The van der Waals surface area contributed by atoms with E-state index in [0.29, 0.717) is 0 Å². The maximum atomic E-state index is 2.46. The molecule has 3 aromatic carbocycles. The van der Waals surface area contributed by atoms with Crippen molar-refractivity contribution >= 4 is 16.9 Å². The highest BCUT2D eigenvalue weighted by Crippen LogP contribution is 2.26. The summed E-state index contributed by atoms with van der Waals surface area (Å²) >= 11 is 0. The summed E-state index contributed by atoms with van der Waals surface area (Å²) in [5, 5.41) is 0. The van der Waals surface area contributed by atoms with Gasteiger partial charge in [-0.1, -0.05) is 66.7 Å². The van der Waals surface area contributed by atoms with Crippen LogP contribution in [0.5, 0.6) is 0 Å². The van der Waals surface area contributed by atoms with Crippen molar-refractivity contribution in [1.82, 2.24) is 0 Å². The lowest BCUT2D eigenvalue weighted by atomic mass is 10.1. The van der Waals surface area contributed by atoms with Crippen LogP contribution in [0.25, 0.3) is 5.57 Å². The van der Waals surface area contributed by atoms with Gasteiger partial charge in [-0.2, -0.15) is 0 Å². The molecule has 0 fully saturated rings. The fourth-order valence-corrected chi connectivity index (χ4v) is 3.31. The Morgan fingerprint density at radius 1 is 0.560 bits per heavy atom. The Hall–Kier alpha value is -3.00. The van der Waals surface area contributed by atoms with Crippen molar-refractivity contribution in [2.45, 2.75) is 0 Å². The van der Waals surface area contributed by atoms with Gasteiger partial charge in [-0.25, -0.2) is 0 Å². The molecule has 25 heavy (non-hydrogen) atoms. The molecule has 1 aliphatic rings. The third-order valence-corrected chi connectivity index (χ3v) is 4.64. The lowest BCUT2D eigenvalue weighted by Gasteiger charge is -2.25. The summed E-state index contributed by atoms with van der Waals surface area (Å²) in [4.78, 5) is 4.83. The van der Waals surface area contributed by atoms with E-state index in [2.05, 4.69) is 107 Å². The molecule has 2 nitrogen and oxygen atoms in total. The molecule has 0 bridgehead atoms. The normalized spacial score (nSPS) is 14.8. The minimum Gasteiger partial charge on any atom is -0.365 e. The zero-order chi connectivity index (χ0) is 16.9. The molecule has 0 radical (unpaired) electrons. The number of rotatable bonds is 3. The molecule has 0 unspecified atom stereocenters. The second-order valence-corrected chi connectivity index (χ2v) is 6.31. The van der Waals surface area contributed by atoms with Crippen molar-refractivity contribution in [3.05, 3.63) is 103 Å². The fraction of sp³-hybridized carbons (Fsp3) is 0.130. The third-order valence-electron chi connectivity index (χ3n) is 4.64. The average molecular weight is 326 g/mol. The maximum absolute atomic E-state index is 2.46. The van der Waals surface area contributed by atoms with Crippen LogP contribution in [0.15, 0.2) is 97.2 Å². The van der Waals surface area contributed by atoms with Crippen LogP contribution in [-0.4, -0.2) is 19.6 Å². The molecule has 124 valence electrons. The predicted octanol–water partition coefficient (Wildman–Crippen LogP) is 5.05. The molecule has 3 aromatic rings. The van der Waals surface area contributed by atoms with Crippen molar-refractivity contribution in [2.24, 2.45) is 0 Å². The van der Waals surface area contributed by atoms with Gasteiger partial charge in [0, 0.05) is 37.2 Å². The van der Waals surface area contributed by atoms with Crippen LogP contribution in [0.3, 0.4) is 0 Å². The highest BCUT2D eigenvalue weighted by Gasteiger charge is 2.17. The molecular weight excluding hydrogens is 304 g/mol. The predicted molar refractivity (Wildman–Crippen MR) is 107 cm³/mol. The van der Waals surface area contributed by atoms with E-state index in [4.69, 9.17) is 0 Å². The quantitative estimate of drug-likeness (QED) is 0.664. The highest BCUT2D eigenvalue weighted by molar-refractivity contribution is 5.74. The van der Waals surface area contributed by atoms with E-state index >= 15 is 0 Å². The molecule has 0 atom stereocenters. The first-order valence-corrected chi connectivity index (χ1v) is 8.78. The number of hydrogen-bond acceptors (Lipinski definition) is 2. The molecule has 2 heteroatoms. The van der Waals surface area contributed by atoms with Crippen LogP contribution >= 0.6 is 0 Å². The third kappa shape index (κ3) is 3.58. The van der Waals surface area contributed by atoms with Gasteiger partial charge >= 0.3 is 0 Å². The Kier molecular flexibility index (Phi) is 4.51. The van der Waals surface area contributed by atoms with Crippen molar-refractivity contribution < 1.29 is 0 Å². The molecule has 0 amide bonds. The van der Waals surface area contributed by atoms with Gasteiger partial charge in [-0.3, -0.25) is 0 Å². The summed E-state index contributed by atoms with van der Waals surface area (Å²) in [6.07, 6.45) is 2.31. The molecule has 1 heterocycles. The maximum Gasteiger partial charge on any atom is 0.0450 e. The van der Waals surface area contributed by atoms with Crippen molar-refractivity contribution in [3.8, 4) is 0 Å². The standard InChI is InChI=1S/C23H22N2/c1-4-10-20(11-5-1)21-18-24(22-12-6-2-7-13-22)16-17-25(19-21)23-14-8-3-9-15-23/h1-15,18H,16-17,19H2. The monoisotopic (exact) mass is 326 g/mol. The van der Waals surface area contributed by atoms with Gasteiger partial charge in [0.2, 0.25) is 0 Å². The lowest BCUT2D eigenvalue weighted by molar-refractivity contribution is 0.847. The van der Waals surface area contributed by atoms with E-state index in [1.807, 2.05) is 0 Å². The van der Waals surface area contributed by atoms with Crippen molar-refractivity contribution in [1.29, 1.82) is 0 Å². The minimum atomic E-state index is 0.914. The van der Waals surface area contributed by atoms with Gasteiger partial charge in [0.05, 0.1) is 0 Å². The Balaban J connectivity index is 1.71. The molecule has 0 aromatic heterocycles. The second-order valence-electron chi connectivity index (χ2n) is 6.31. The van der Waals surface area contributed by atoms with Crippen LogP contribution in [0.1, 0.15) is 5.56 Å². The van der Waals surface area contributed by atoms with Gasteiger partial charge in [-0.15, -0.1) is 0 Å². The number of hydrogen-bond donors (Lipinski definition) is 0. The van der Waals surface area contributed by atoms with Crippen LogP contribution < -0.4 is 9.80 Å². The first kappa shape index (κ1) is 15.5. The van der Waals surface area contributed by atoms with E-state index < -0.39 is 0 Å². The Morgan fingerprint density at radius 2 is 1.12 bits per heavy atom. The first-order valence-electron chi connectivity index (χ1n) is 8.78. The van der Waals surface area contributed by atoms with Crippen LogP contribution in [0, 0.1) is 0 Å². The summed E-state index contributed by atoms with van der Waals surface area (Å²) < 4.78 is 0. The van der Waals surface area contributed by atoms with Gasteiger partial charge in [-0.05, 0) is 35.4 Å². The van der Waals surface area contributed by atoms with E-state index in [-0.39, 0.29) is 0 Å². The molecule has 1 aliphatic heterocycles. The number of anilines is 2. The first-order chi connectivity index (χ1) is 12.4. The van der Waals surface area contributed by atoms with E-state index in [1.165, 1.54) is 22.5 Å². The Labute approximate surface area is 149 Å². The fourth-order valence-electron chi connectivity index (χ4n) is 3.31. The average Bonchev–Trinajstić information content (AvgIpc) is 2.93. The SMILES string of the molecule is C1=C(c2ccccc2)CN(c2ccccc2)CCN1c1ccccc1. The van der Waals surface area contributed by atoms with Gasteiger partial charge in [0.1, 0.15) is 0 Å². The van der Waals surface area contributed by atoms with Crippen molar-refractivity contribution in [2.75, 3.05) is 29.4 Å². The molecular formula is C23H22N2. The molecule has 0 saturated carbocycles. The number of para-hydroxylation sites is 2. The van der Waals surface area contributed by atoms with E-state index in [0.717, 1.165) is 19.6 Å². The summed E-state index contributed by atoms with van der Waals surface area (Å²) in [7, 11) is 0. The molecule has 0 spiro atoms. The largest absolute Gasteiger partial charge is 0.365 e. The molecule has 0 saturated heterocycles. The van der Waals surface area contributed by atoms with Crippen LogP contribution in [-0.2, 0) is 0 Å². The number of nitrogens with zero attached hydrogens (tertiary/aromatic N) is 2. The highest BCUT2D eigenvalue weighted by atomic mass is 15.2. The zero-order valence-electron chi connectivity index (χ0n) is 14.3. The zero-order valence-corrected chi connectivity index (χ0v) is 14.3. The van der Waals surface area contributed by atoms with E-state index in [1.54, 1.807) is 0 Å². The van der Waals surface area contributed by atoms with Gasteiger partial charge in [0.25, 0.3) is 0 Å². The minimum absolute atomic E-state index is 0.914. The Bertz CT molecular complexity index is 826. The lowest BCUT2D eigenvalue weighted by Crippen LogP contribution is -2.30.